The highest BCUT2D eigenvalue weighted by molar-refractivity contribution is 5.92. The van der Waals surface area contributed by atoms with Crippen molar-refractivity contribution in [3.8, 4) is 0 Å². The summed E-state index contributed by atoms with van der Waals surface area (Å²) in [6.45, 7) is 1.75. The number of nitrogens with two attached hydrogens (primary N) is 1. The van der Waals surface area contributed by atoms with Crippen LogP contribution in [0.25, 0.3) is 0 Å². The lowest BCUT2D eigenvalue weighted by molar-refractivity contribution is 0.0994. The molecule has 2 aromatic heterocycles. The first kappa shape index (κ1) is 11.0. The Kier molecular flexibility index (Phi) is 2.95. The van der Waals surface area contributed by atoms with Crippen molar-refractivity contribution in [1.82, 2.24) is 15.2 Å². The molecule has 0 aliphatic carbocycles. The summed E-state index contributed by atoms with van der Waals surface area (Å²) in [7, 11) is 0. The van der Waals surface area contributed by atoms with Crippen molar-refractivity contribution in [2.45, 2.75) is 6.92 Å². The molecule has 0 fully saturated rings. The first-order valence-electron chi connectivity index (χ1n) is 4.99. The molecular formula is C11H11N5O. The van der Waals surface area contributed by atoms with E-state index in [9.17, 15) is 4.79 Å². The zero-order valence-electron chi connectivity index (χ0n) is 9.21. The van der Waals surface area contributed by atoms with Crippen LogP contribution in [0.3, 0.4) is 0 Å². The number of carbonyl (C=O) groups excluding carboxylic acids is 1. The Labute approximate surface area is 97.9 Å². The zero-order chi connectivity index (χ0) is 12.3. The summed E-state index contributed by atoms with van der Waals surface area (Å²) in [6.07, 6.45) is 1.67. The van der Waals surface area contributed by atoms with Gasteiger partial charge in [-0.15, -0.1) is 10.2 Å². The van der Waals surface area contributed by atoms with Crippen molar-refractivity contribution < 1.29 is 4.79 Å². The first-order valence-corrected chi connectivity index (χ1v) is 4.99. The summed E-state index contributed by atoms with van der Waals surface area (Å²) < 4.78 is 0. The standard InChI is InChI=1S/C11H11N5O/c1-7-6-9(15-16-10(7)11(12)17)14-8-4-2-3-5-13-8/h2-6H,1H3,(H2,12,17)(H,13,14,15). The Morgan fingerprint density at radius 1 is 1.29 bits per heavy atom. The van der Waals surface area contributed by atoms with Gasteiger partial charge in [-0.1, -0.05) is 6.07 Å². The molecule has 0 spiro atoms. The molecule has 3 N–H and O–H groups in total. The summed E-state index contributed by atoms with van der Waals surface area (Å²) in [6, 6.07) is 7.17. The lowest BCUT2D eigenvalue weighted by Crippen LogP contribution is -2.16. The number of aryl methyl sites for hydroxylation is 1. The molecule has 0 saturated carbocycles. The molecular weight excluding hydrogens is 218 g/mol. The average Bonchev–Trinajstić information content (AvgIpc) is 2.30. The predicted octanol–water partition coefficient (Wildman–Crippen LogP) is 1.02. The maximum absolute atomic E-state index is 11.0. The maximum atomic E-state index is 11.0. The predicted molar refractivity (Wildman–Crippen MR) is 62.8 cm³/mol. The zero-order valence-corrected chi connectivity index (χ0v) is 9.21. The van der Waals surface area contributed by atoms with Gasteiger partial charge in [-0.25, -0.2) is 4.98 Å². The van der Waals surface area contributed by atoms with Crippen LogP contribution in [-0.4, -0.2) is 21.1 Å². The summed E-state index contributed by atoms with van der Waals surface area (Å²) in [5.41, 5.74) is 5.99. The van der Waals surface area contributed by atoms with Gasteiger partial charge >= 0.3 is 0 Å². The lowest BCUT2D eigenvalue weighted by atomic mass is 10.2. The second-order valence-electron chi connectivity index (χ2n) is 3.47. The SMILES string of the molecule is Cc1cc(Nc2ccccn2)nnc1C(N)=O. The third-order valence-corrected chi connectivity index (χ3v) is 2.14. The number of hydrogen-bond acceptors (Lipinski definition) is 5. The Morgan fingerprint density at radius 3 is 2.71 bits per heavy atom. The minimum absolute atomic E-state index is 0.177. The van der Waals surface area contributed by atoms with Gasteiger partial charge in [-0.05, 0) is 30.7 Å². The number of carbonyl (C=O) groups is 1. The van der Waals surface area contributed by atoms with Crippen LogP contribution in [0.1, 0.15) is 16.1 Å². The molecule has 0 unspecified atom stereocenters. The number of nitrogens with zero attached hydrogens (tertiary/aromatic N) is 3. The largest absolute Gasteiger partial charge is 0.364 e. The smallest absolute Gasteiger partial charge is 0.269 e. The van der Waals surface area contributed by atoms with Gasteiger partial charge in [-0.2, -0.15) is 0 Å². The number of hydrogen-bond donors (Lipinski definition) is 2. The van der Waals surface area contributed by atoms with E-state index < -0.39 is 5.91 Å². The monoisotopic (exact) mass is 229 g/mol. The third kappa shape index (κ3) is 2.54. The normalized spacial score (nSPS) is 9.94. The fourth-order valence-electron chi connectivity index (χ4n) is 1.36. The topological polar surface area (TPSA) is 93.8 Å². The number of nitrogens with one attached hydrogen (secondary N) is 1. The number of primary amides is 1. The highest BCUT2D eigenvalue weighted by Crippen LogP contribution is 2.13. The summed E-state index contributed by atoms with van der Waals surface area (Å²) in [5.74, 6) is 0.596. The van der Waals surface area contributed by atoms with Gasteiger partial charge in [-0.3, -0.25) is 4.79 Å². The number of amides is 1. The second kappa shape index (κ2) is 4.56. The third-order valence-electron chi connectivity index (χ3n) is 2.14. The molecule has 0 saturated heterocycles. The van der Waals surface area contributed by atoms with Crippen molar-refractivity contribution in [2.75, 3.05) is 5.32 Å². The van der Waals surface area contributed by atoms with Crippen molar-refractivity contribution in [3.05, 3.63) is 41.7 Å². The second-order valence-corrected chi connectivity index (χ2v) is 3.47. The number of pyridine rings is 1. The van der Waals surface area contributed by atoms with E-state index in [4.69, 9.17) is 5.73 Å². The Balaban J connectivity index is 2.24. The van der Waals surface area contributed by atoms with E-state index >= 15 is 0 Å². The van der Waals surface area contributed by atoms with Crippen LogP contribution in [0, 0.1) is 6.92 Å². The van der Waals surface area contributed by atoms with Crippen LogP contribution in [0.15, 0.2) is 30.5 Å². The number of aromatic nitrogens is 3. The van der Waals surface area contributed by atoms with Crippen LogP contribution in [0.2, 0.25) is 0 Å². The van der Waals surface area contributed by atoms with Gasteiger partial charge in [0.2, 0.25) is 0 Å². The van der Waals surface area contributed by atoms with Gasteiger partial charge < -0.3 is 11.1 Å². The van der Waals surface area contributed by atoms with Crippen molar-refractivity contribution >= 4 is 17.5 Å². The van der Waals surface area contributed by atoms with E-state index in [-0.39, 0.29) is 5.69 Å². The molecule has 17 heavy (non-hydrogen) atoms. The van der Waals surface area contributed by atoms with Crippen molar-refractivity contribution in [3.63, 3.8) is 0 Å². The minimum atomic E-state index is -0.584. The van der Waals surface area contributed by atoms with Gasteiger partial charge in [0.15, 0.2) is 11.5 Å². The number of anilines is 2. The number of rotatable bonds is 3. The molecule has 0 aliphatic heterocycles. The molecule has 2 heterocycles. The fourth-order valence-corrected chi connectivity index (χ4v) is 1.36. The maximum Gasteiger partial charge on any atom is 0.269 e. The van der Waals surface area contributed by atoms with Crippen LogP contribution >= 0.6 is 0 Å². The fraction of sp³-hybridized carbons (Fsp3) is 0.0909. The molecule has 2 aromatic rings. The van der Waals surface area contributed by atoms with Crippen molar-refractivity contribution in [2.24, 2.45) is 5.73 Å². The molecule has 86 valence electrons. The highest BCUT2D eigenvalue weighted by atomic mass is 16.1. The van der Waals surface area contributed by atoms with E-state index in [1.807, 2.05) is 12.1 Å². The first-order chi connectivity index (χ1) is 8.16. The lowest BCUT2D eigenvalue weighted by Gasteiger charge is -2.05. The Morgan fingerprint density at radius 2 is 2.12 bits per heavy atom. The molecule has 0 aliphatic rings. The van der Waals surface area contributed by atoms with Crippen LogP contribution in [0.5, 0.6) is 0 Å². The van der Waals surface area contributed by atoms with E-state index in [0.29, 0.717) is 17.2 Å². The van der Waals surface area contributed by atoms with Gasteiger partial charge in [0.05, 0.1) is 0 Å². The summed E-state index contributed by atoms with van der Waals surface area (Å²) in [4.78, 5) is 15.1. The summed E-state index contributed by atoms with van der Waals surface area (Å²) >= 11 is 0. The molecule has 0 bridgehead atoms. The van der Waals surface area contributed by atoms with Crippen LogP contribution < -0.4 is 11.1 Å². The molecule has 0 radical (unpaired) electrons. The van der Waals surface area contributed by atoms with Crippen molar-refractivity contribution in [1.29, 1.82) is 0 Å². The van der Waals surface area contributed by atoms with E-state index in [1.165, 1.54) is 0 Å². The van der Waals surface area contributed by atoms with E-state index in [0.717, 1.165) is 0 Å². The van der Waals surface area contributed by atoms with Crippen LogP contribution in [-0.2, 0) is 0 Å². The van der Waals surface area contributed by atoms with Gasteiger partial charge in [0.1, 0.15) is 5.82 Å². The molecule has 2 rings (SSSR count). The molecule has 1 amide bonds. The average molecular weight is 229 g/mol. The van der Waals surface area contributed by atoms with Crippen LogP contribution in [0.4, 0.5) is 11.6 Å². The highest BCUT2D eigenvalue weighted by Gasteiger charge is 2.08. The molecule has 6 heteroatoms. The molecule has 0 aromatic carbocycles. The minimum Gasteiger partial charge on any atom is -0.364 e. The van der Waals surface area contributed by atoms with E-state index in [1.54, 1.807) is 25.3 Å². The Hall–Kier alpha value is -2.50. The van der Waals surface area contributed by atoms with E-state index in [2.05, 4.69) is 20.5 Å². The van der Waals surface area contributed by atoms with Gasteiger partial charge in [0, 0.05) is 6.20 Å². The molecule has 0 atom stereocenters. The quantitative estimate of drug-likeness (QED) is 0.819. The van der Waals surface area contributed by atoms with Gasteiger partial charge in [0.25, 0.3) is 5.91 Å². The summed E-state index contributed by atoms with van der Waals surface area (Å²) in [5, 5.41) is 10.6. The Bertz CT molecular complexity index is 541. The molecule has 6 nitrogen and oxygen atoms in total.